The highest BCUT2D eigenvalue weighted by molar-refractivity contribution is 5.55. The van der Waals surface area contributed by atoms with Gasteiger partial charge in [-0.05, 0) is 38.4 Å². The van der Waals surface area contributed by atoms with Crippen molar-refractivity contribution in [2.24, 2.45) is 5.73 Å². The predicted molar refractivity (Wildman–Crippen MR) is 81.7 cm³/mol. The highest BCUT2D eigenvalue weighted by atomic mass is 16.5. The highest BCUT2D eigenvalue weighted by Crippen LogP contribution is 2.30. The molecule has 1 rings (SSSR count). The maximum Gasteiger partial charge on any atom is 0.163 e. The third kappa shape index (κ3) is 5.27. The lowest BCUT2D eigenvalue weighted by molar-refractivity contribution is 0.182. The van der Waals surface area contributed by atoms with Gasteiger partial charge in [-0.25, -0.2) is 0 Å². The summed E-state index contributed by atoms with van der Waals surface area (Å²) in [6.07, 6.45) is 1.94. The molecule has 0 aliphatic carbocycles. The Bertz CT molecular complexity index is 385. The minimum absolute atomic E-state index is 0.242. The van der Waals surface area contributed by atoms with Crippen LogP contribution in [-0.4, -0.2) is 40.0 Å². The van der Waals surface area contributed by atoms with Gasteiger partial charge < -0.3 is 25.3 Å². The van der Waals surface area contributed by atoms with E-state index in [1.165, 1.54) is 0 Å². The smallest absolute Gasteiger partial charge is 0.163 e. The van der Waals surface area contributed by atoms with Crippen molar-refractivity contribution in [2.75, 3.05) is 39.3 Å². The largest absolute Gasteiger partial charge is 0.493 e. The van der Waals surface area contributed by atoms with E-state index in [0.29, 0.717) is 19.8 Å². The van der Waals surface area contributed by atoms with Crippen LogP contribution in [0.2, 0.25) is 0 Å². The van der Waals surface area contributed by atoms with Crippen molar-refractivity contribution in [3.63, 3.8) is 0 Å². The van der Waals surface area contributed by atoms with Gasteiger partial charge in [0.2, 0.25) is 0 Å². The number of hydrogen-bond donors (Lipinski definition) is 2. The molecule has 1 atom stereocenters. The van der Waals surface area contributed by atoms with E-state index in [-0.39, 0.29) is 6.04 Å². The summed E-state index contributed by atoms with van der Waals surface area (Å²) in [4.78, 5) is 0. The van der Waals surface area contributed by atoms with Crippen LogP contribution in [0.4, 0.5) is 5.69 Å². The molecule has 1 aromatic rings. The Morgan fingerprint density at radius 3 is 2.65 bits per heavy atom. The molecule has 5 heteroatoms. The molecular formula is C15H26N2O3. The molecule has 0 saturated carbocycles. The SMILES string of the molecule is CCOc1cc(NC(CCCN)COC)ccc1OC. The van der Waals surface area contributed by atoms with Crippen LogP contribution in [0, 0.1) is 0 Å². The number of rotatable bonds is 10. The zero-order valence-electron chi connectivity index (χ0n) is 12.6. The summed E-state index contributed by atoms with van der Waals surface area (Å²) in [5, 5.41) is 3.45. The number of nitrogens with two attached hydrogens (primary N) is 1. The fraction of sp³-hybridized carbons (Fsp3) is 0.600. The number of nitrogens with one attached hydrogen (secondary N) is 1. The predicted octanol–water partition coefficient (Wildman–Crippen LogP) is 2.26. The van der Waals surface area contributed by atoms with Gasteiger partial charge in [0, 0.05) is 24.9 Å². The van der Waals surface area contributed by atoms with Crippen molar-refractivity contribution in [1.82, 2.24) is 0 Å². The number of anilines is 1. The number of ether oxygens (including phenoxy) is 3. The molecular weight excluding hydrogens is 256 g/mol. The lowest BCUT2D eigenvalue weighted by atomic mass is 10.1. The van der Waals surface area contributed by atoms with Crippen molar-refractivity contribution >= 4 is 5.69 Å². The molecule has 0 fully saturated rings. The van der Waals surface area contributed by atoms with E-state index >= 15 is 0 Å². The first-order valence-electron chi connectivity index (χ1n) is 7.01. The monoisotopic (exact) mass is 282 g/mol. The molecule has 1 unspecified atom stereocenters. The molecule has 0 spiro atoms. The second kappa shape index (κ2) is 9.44. The van der Waals surface area contributed by atoms with Crippen LogP contribution >= 0.6 is 0 Å². The van der Waals surface area contributed by atoms with Gasteiger partial charge in [-0.2, -0.15) is 0 Å². The summed E-state index contributed by atoms with van der Waals surface area (Å²) >= 11 is 0. The van der Waals surface area contributed by atoms with Crippen LogP contribution in [0.1, 0.15) is 19.8 Å². The van der Waals surface area contributed by atoms with E-state index in [0.717, 1.165) is 30.0 Å². The fourth-order valence-electron chi connectivity index (χ4n) is 2.03. The van der Waals surface area contributed by atoms with Crippen LogP contribution in [-0.2, 0) is 4.74 Å². The Hall–Kier alpha value is -1.46. The van der Waals surface area contributed by atoms with E-state index in [9.17, 15) is 0 Å². The molecule has 5 nitrogen and oxygen atoms in total. The first-order valence-corrected chi connectivity index (χ1v) is 7.01. The minimum Gasteiger partial charge on any atom is -0.493 e. The van der Waals surface area contributed by atoms with Crippen LogP contribution in [0.15, 0.2) is 18.2 Å². The Balaban J connectivity index is 2.75. The Morgan fingerprint density at radius 2 is 2.05 bits per heavy atom. The molecule has 0 bridgehead atoms. The summed E-state index contributed by atoms with van der Waals surface area (Å²) in [7, 11) is 3.34. The number of hydrogen-bond acceptors (Lipinski definition) is 5. The molecule has 0 aliphatic rings. The second-order valence-corrected chi connectivity index (χ2v) is 4.53. The summed E-state index contributed by atoms with van der Waals surface area (Å²) in [6.45, 7) is 3.90. The Kier molecular flexibility index (Phi) is 7.84. The summed E-state index contributed by atoms with van der Waals surface area (Å²) < 4.78 is 16.1. The number of benzene rings is 1. The maximum absolute atomic E-state index is 5.57. The topological polar surface area (TPSA) is 65.7 Å². The molecule has 0 aromatic heterocycles. The lowest BCUT2D eigenvalue weighted by Gasteiger charge is -2.20. The average Bonchev–Trinajstić information content (AvgIpc) is 2.46. The van der Waals surface area contributed by atoms with Gasteiger partial charge in [0.1, 0.15) is 0 Å². The average molecular weight is 282 g/mol. The molecule has 0 amide bonds. The molecule has 114 valence electrons. The first-order chi connectivity index (χ1) is 9.74. The molecule has 3 N–H and O–H groups in total. The summed E-state index contributed by atoms with van der Waals surface area (Å²) in [5.74, 6) is 1.48. The Labute approximate surface area is 121 Å². The van der Waals surface area contributed by atoms with Crippen LogP contribution in [0.25, 0.3) is 0 Å². The van der Waals surface area contributed by atoms with Crippen molar-refractivity contribution in [3.8, 4) is 11.5 Å². The zero-order chi connectivity index (χ0) is 14.8. The van der Waals surface area contributed by atoms with Crippen molar-refractivity contribution < 1.29 is 14.2 Å². The fourth-order valence-corrected chi connectivity index (χ4v) is 2.03. The van der Waals surface area contributed by atoms with Gasteiger partial charge in [0.25, 0.3) is 0 Å². The molecule has 0 heterocycles. The van der Waals surface area contributed by atoms with E-state index in [4.69, 9.17) is 19.9 Å². The van der Waals surface area contributed by atoms with E-state index in [1.54, 1.807) is 14.2 Å². The van der Waals surface area contributed by atoms with E-state index < -0.39 is 0 Å². The van der Waals surface area contributed by atoms with Crippen molar-refractivity contribution in [3.05, 3.63) is 18.2 Å². The third-order valence-electron chi connectivity index (χ3n) is 2.96. The van der Waals surface area contributed by atoms with Crippen molar-refractivity contribution in [2.45, 2.75) is 25.8 Å². The van der Waals surface area contributed by atoms with Gasteiger partial charge in [-0.1, -0.05) is 0 Å². The summed E-state index contributed by atoms with van der Waals surface area (Å²) in [5.41, 5.74) is 6.56. The van der Waals surface area contributed by atoms with E-state index in [1.807, 2.05) is 25.1 Å². The maximum atomic E-state index is 5.57. The number of methoxy groups -OCH3 is 2. The Morgan fingerprint density at radius 1 is 1.25 bits per heavy atom. The van der Waals surface area contributed by atoms with Crippen LogP contribution < -0.4 is 20.5 Å². The normalized spacial score (nSPS) is 12.0. The molecule has 0 radical (unpaired) electrons. The second-order valence-electron chi connectivity index (χ2n) is 4.53. The van der Waals surface area contributed by atoms with Crippen molar-refractivity contribution in [1.29, 1.82) is 0 Å². The minimum atomic E-state index is 0.242. The molecule has 20 heavy (non-hydrogen) atoms. The van der Waals surface area contributed by atoms with Gasteiger partial charge in [0.05, 0.1) is 20.3 Å². The van der Waals surface area contributed by atoms with Crippen LogP contribution in [0.5, 0.6) is 11.5 Å². The van der Waals surface area contributed by atoms with Gasteiger partial charge in [-0.15, -0.1) is 0 Å². The zero-order valence-corrected chi connectivity index (χ0v) is 12.6. The van der Waals surface area contributed by atoms with Gasteiger partial charge in [-0.3, -0.25) is 0 Å². The van der Waals surface area contributed by atoms with Crippen LogP contribution in [0.3, 0.4) is 0 Å². The van der Waals surface area contributed by atoms with E-state index in [2.05, 4.69) is 5.32 Å². The quantitative estimate of drug-likeness (QED) is 0.689. The molecule has 0 saturated heterocycles. The lowest BCUT2D eigenvalue weighted by Crippen LogP contribution is -2.25. The highest BCUT2D eigenvalue weighted by Gasteiger charge is 2.10. The van der Waals surface area contributed by atoms with Gasteiger partial charge >= 0.3 is 0 Å². The molecule has 1 aromatic carbocycles. The standard InChI is InChI=1S/C15H26N2O3/c1-4-20-15-10-12(7-8-14(15)19-3)17-13(11-18-2)6-5-9-16/h7-8,10,13,17H,4-6,9,11,16H2,1-3H3. The first kappa shape index (κ1) is 16.6. The molecule has 0 aliphatic heterocycles. The van der Waals surface area contributed by atoms with Gasteiger partial charge in [0.15, 0.2) is 11.5 Å². The third-order valence-corrected chi connectivity index (χ3v) is 2.96. The summed E-state index contributed by atoms with van der Waals surface area (Å²) in [6, 6.07) is 6.08.